The Kier molecular flexibility index (Phi) is 5.06. The minimum Gasteiger partial charge on any atom is -0.491 e. The number of hydrogen-bond acceptors (Lipinski definition) is 3. The minimum atomic E-state index is -0.328. The molecule has 0 atom stereocenters. The molecule has 0 saturated heterocycles. The maximum absolute atomic E-state index is 13.5. The molecule has 0 bridgehead atoms. The summed E-state index contributed by atoms with van der Waals surface area (Å²) < 4.78 is 21.1. The van der Waals surface area contributed by atoms with E-state index in [1.54, 1.807) is 11.0 Å². The molecule has 5 nitrogen and oxygen atoms in total. The van der Waals surface area contributed by atoms with E-state index in [4.69, 9.17) is 4.74 Å². The van der Waals surface area contributed by atoms with Gasteiger partial charge >= 0.3 is 0 Å². The number of hydrogen-bond donors (Lipinski definition) is 0. The van der Waals surface area contributed by atoms with Crippen LogP contribution in [0.25, 0.3) is 0 Å². The lowest BCUT2D eigenvalue weighted by Gasteiger charge is -2.19. The molecule has 1 aliphatic heterocycles. The lowest BCUT2D eigenvalue weighted by atomic mass is 10.1. The molecule has 0 unspecified atom stereocenters. The average molecular weight is 345 g/mol. The Morgan fingerprint density at radius 2 is 2.08 bits per heavy atom. The molecule has 2 heterocycles. The van der Waals surface area contributed by atoms with Gasteiger partial charge in [0.1, 0.15) is 18.2 Å². The molecule has 3 rings (SSSR count). The van der Waals surface area contributed by atoms with E-state index >= 15 is 0 Å². The lowest BCUT2D eigenvalue weighted by Crippen LogP contribution is -2.33. The maximum atomic E-state index is 13.5. The summed E-state index contributed by atoms with van der Waals surface area (Å²) in [6.45, 7) is 7.37. The number of fused-ring (bicyclic) bond motifs is 1. The van der Waals surface area contributed by atoms with E-state index in [1.807, 2.05) is 17.7 Å². The van der Waals surface area contributed by atoms with Crippen LogP contribution in [-0.4, -0.2) is 33.7 Å². The Labute approximate surface area is 147 Å². The number of aromatic nitrogens is 2. The van der Waals surface area contributed by atoms with Crippen LogP contribution in [0.2, 0.25) is 0 Å². The topological polar surface area (TPSA) is 47.4 Å². The molecule has 0 aliphatic carbocycles. The second-order valence-electron chi connectivity index (χ2n) is 6.41. The van der Waals surface area contributed by atoms with Crippen molar-refractivity contribution in [1.82, 2.24) is 14.7 Å². The van der Waals surface area contributed by atoms with Crippen molar-refractivity contribution in [1.29, 1.82) is 0 Å². The van der Waals surface area contributed by atoms with Gasteiger partial charge in [0, 0.05) is 17.8 Å². The van der Waals surface area contributed by atoms with Gasteiger partial charge in [-0.2, -0.15) is 5.10 Å². The molecule has 0 N–H and O–H groups in total. The Hall–Kier alpha value is -2.37. The molecule has 1 aromatic heterocycles. The Balaban J connectivity index is 1.84. The molecule has 1 aromatic carbocycles. The molecule has 25 heavy (non-hydrogen) atoms. The summed E-state index contributed by atoms with van der Waals surface area (Å²) in [5.74, 6) is 0.162. The number of nitrogens with zero attached hydrogens (tertiary/aromatic N) is 3. The molecule has 0 spiro atoms. The van der Waals surface area contributed by atoms with Gasteiger partial charge in [-0.25, -0.2) is 4.39 Å². The van der Waals surface area contributed by atoms with E-state index in [0.29, 0.717) is 42.7 Å². The van der Waals surface area contributed by atoms with Crippen LogP contribution >= 0.6 is 0 Å². The number of amides is 1. The first-order valence-electron chi connectivity index (χ1n) is 8.80. The predicted octanol–water partition coefficient (Wildman–Crippen LogP) is 3.73. The molecule has 0 radical (unpaired) electrons. The van der Waals surface area contributed by atoms with Gasteiger partial charge < -0.3 is 9.64 Å². The number of benzene rings is 1. The highest BCUT2D eigenvalue weighted by Gasteiger charge is 2.24. The second-order valence-corrected chi connectivity index (χ2v) is 6.41. The van der Waals surface area contributed by atoms with Crippen LogP contribution in [0, 0.1) is 12.7 Å². The lowest BCUT2D eigenvalue weighted by molar-refractivity contribution is 0.0726. The van der Waals surface area contributed by atoms with E-state index in [9.17, 15) is 9.18 Å². The zero-order valence-electron chi connectivity index (χ0n) is 15.0. The van der Waals surface area contributed by atoms with E-state index in [2.05, 4.69) is 18.9 Å². The summed E-state index contributed by atoms with van der Waals surface area (Å²) >= 11 is 0. The van der Waals surface area contributed by atoms with Crippen molar-refractivity contribution >= 4 is 5.91 Å². The van der Waals surface area contributed by atoms with E-state index in [0.717, 1.165) is 18.5 Å². The molecule has 1 amide bonds. The van der Waals surface area contributed by atoms with Crippen LogP contribution in [0.15, 0.2) is 24.3 Å². The molecule has 1 aliphatic rings. The highest BCUT2D eigenvalue weighted by atomic mass is 19.1. The summed E-state index contributed by atoms with van der Waals surface area (Å²) in [7, 11) is 0. The quantitative estimate of drug-likeness (QED) is 0.848. The van der Waals surface area contributed by atoms with Crippen LogP contribution in [0.1, 0.15) is 54.5 Å². The van der Waals surface area contributed by atoms with Gasteiger partial charge in [-0.3, -0.25) is 9.48 Å². The summed E-state index contributed by atoms with van der Waals surface area (Å²) in [6.07, 6.45) is 1.94. The first-order valence-corrected chi connectivity index (χ1v) is 8.80. The molecule has 0 fully saturated rings. The summed E-state index contributed by atoms with van der Waals surface area (Å²) in [5, 5.41) is 4.54. The summed E-state index contributed by atoms with van der Waals surface area (Å²) in [5.41, 5.74) is 2.10. The van der Waals surface area contributed by atoms with Gasteiger partial charge in [-0.15, -0.1) is 0 Å². The van der Waals surface area contributed by atoms with Crippen LogP contribution < -0.4 is 4.74 Å². The third-order valence-corrected chi connectivity index (χ3v) is 4.72. The third kappa shape index (κ3) is 3.52. The molecule has 0 saturated carbocycles. The van der Waals surface area contributed by atoms with E-state index < -0.39 is 0 Å². The number of carbonyl (C=O) groups is 1. The molecular formula is C19H24FN3O2. The van der Waals surface area contributed by atoms with Gasteiger partial charge in [-0.1, -0.05) is 13.8 Å². The van der Waals surface area contributed by atoms with Gasteiger partial charge in [0.2, 0.25) is 0 Å². The fourth-order valence-electron chi connectivity index (χ4n) is 3.29. The summed E-state index contributed by atoms with van der Waals surface area (Å²) in [6, 6.07) is 6.54. The van der Waals surface area contributed by atoms with Crippen molar-refractivity contribution in [3.8, 4) is 5.75 Å². The number of rotatable bonds is 4. The van der Waals surface area contributed by atoms with Crippen molar-refractivity contribution in [3.63, 3.8) is 0 Å². The second kappa shape index (κ2) is 7.25. The van der Waals surface area contributed by atoms with Gasteiger partial charge in [0.05, 0.1) is 12.6 Å². The summed E-state index contributed by atoms with van der Waals surface area (Å²) in [4.78, 5) is 14.6. The minimum absolute atomic E-state index is 0.145. The maximum Gasteiger partial charge on any atom is 0.274 e. The van der Waals surface area contributed by atoms with Crippen LogP contribution in [-0.2, 0) is 6.54 Å². The average Bonchev–Trinajstić information content (AvgIpc) is 2.85. The van der Waals surface area contributed by atoms with Crippen molar-refractivity contribution in [2.45, 2.75) is 46.2 Å². The normalized spacial score (nSPS) is 14.2. The van der Waals surface area contributed by atoms with Gasteiger partial charge in [0.15, 0.2) is 5.69 Å². The zero-order chi connectivity index (χ0) is 18.0. The molecule has 2 aromatic rings. The van der Waals surface area contributed by atoms with Crippen molar-refractivity contribution in [2.24, 2.45) is 0 Å². The van der Waals surface area contributed by atoms with Gasteiger partial charge in [-0.05, 0) is 44.0 Å². The Morgan fingerprint density at radius 1 is 1.32 bits per heavy atom. The fourth-order valence-corrected chi connectivity index (χ4v) is 3.29. The zero-order valence-corrected chi connectivity index (χ0v) is 15.0. The van der Waals surface area contributed by atoms with E-state index in [1.165, 1.54) is 12.1 Å². The monoisotopic (exact) mass is 345 g/mol. The first-order chi connectivity index (χ1) is 12.0. The van der Waals surface area contributed by atoms with Crippen LogP contribution in [0.4, 0.5) is 4.39 Å². The van der Waals surface area contributed by atoms with Crippen molar-refractivity contribution < 1.29 is 13.9 Å². The van der Waals surface area contributed by atoms with Crippen LogP contribution in [0.5, 0.6) is 5.75 Å². The fraction of sp³-hybridized carbons (Fsp3) is 0.474. The Morgan fingerprint density at radius 3 is 2.80 bits per heavy atom. The highest BCUT2D eigenvalue weighted by Crippen LogP contribution is 2.25. The van der Waals surface area contributed by atoms with E-state index in [-0.39, 0.29) is 11.7 Å². The SMILES string of the molecule is CCC(CC)n1nc(C(=O)N2CCOc3ccc(F)cc3C2)cc1C. The number of carbonyl (C=O) groups excluding carboxylic acids is 1. The smallest absolute Gasteiger partial charge is 0.274 e. The number of aryl methyl sites for hydroxylation is 1. The molecule has 6 heteroatoms. The van der Waals surface area contributed by atoms with Crippen molar-refractivity contribution in [2.75, 3.05) is 13.2 Å². The Bertz CT molecular complexity index is 768. The van der Waals surface area contributed by atoms with Crippen molar-refractivity contribution in [3.05, 3.63) is 47.0 Å². The first kappa shape index (κ1) is 17.5. The van der Waals surface area contributed by atoms with Gasteiger partial charge in [0.25, 0.3) is 5.91 Å². The highest BCUT2D eigenvalue weighted by molar-refractivity contribution is 5.92. The predicted molar refractivity (Wildman–Crippen MR) is 93.2 cm³/mol. The largest absolute Gasteiger partial charge is 0.491 e. The number of halogens is 1. The number of ether oxygens (including phenoxy) is 1. The molecule has 134 valence electrons. The third-order valence-electron chi connectivity index (χ3n) is 4.72. The van der Waals surface area contributed by atoms with Crippen LogP contribution in [0.3, 0.4) is 0 Å². The molecular weight excluding hydrogens is 321 g/mol. The standard InChI is InChI=1S/C19H24FN3O2/c1-4-16(5-2)23-13(3)10-17(21-23)19(24)22-8-9-25-18-7-6-15(20)11-14(18)12-22/h6-7,10-11,16H,4-5,8-9,12H2,1-3H3.